The van der Waals surface area contributed by atoms with Crippen LogP contribution in [-0.2, 0) is 4.74 Å². The van der Waals surface area contributed by atoms with Gasteiger partial charge < -0.3 is 58.3 Å². The molecule has 7 nitrogen and oxygen atoms in total. The van der Waals surface area contributed by atoms with E-state index in [1.807, 2.05) is 0 Å². The van der Waals surface area contributed by atoms with E-state index >= 15 is 0 Å². The second-order valence-electron chi connectivity index (χ2n) is 13.8. The quantitative estimate of drug-likeness (QED) is 0.228. The largest absolute Gasteiger partial charge is 0.531 e. The number of nitrogens with one attached hydrogen (secondary N) is 3. The van der Waals surface area contributed by atoms with Crippen LogP contribution in [0.15, 0.2) is 0 Å². The number of halogens is 9. The molecule has 45 heavy (non-hydrogen) atoms. The summed E-state index contributed by atoms with van der Waals surface area (Å²) in [6, 6.07) is 1.47. The number of likely N-dealkylation sites (tertiary alicyclic amines) is 2. The summed E-state index contributed by atoms with van der Waals surface area (Å²) in [5.74, 6) is 0. The average molecular weight is 670 g/mol. The van der Waals surface area contributed by atoms with Crippen molar-refractivity contribution in [3.05, 3.63) is 0 Å². The highest BCUT2D eigenvalue weighted by atomic mass is 19.4. The van der Waals surface area contributed by atoms with Gasteiger partial charge in [0.05, 0.1) is 77.9 Å². The van der Waals surface area contributed by atoms with Gasteiger partial charge in [0.15, 0.2) is 0 Å². The first kappa shape index (κ1) is 38.7. The molecule has 0 aromatic rings. The molecular weight excluding hydrogens is 616 g/mol. The number of quaternary nitrogens is 3. The van der Waals surface area contributed by atoms with E-state index in [0.29, 0.717) is 67.2 Å². The summed E-state index contributed by atoms with van der Waals surface area (Å²) in [5, 5.41) is 0. The van der Waals surface area contributed by atoms with Gasteiger partial charge in [-0.15, -0.1) is 0 Å². The lowest BCUT2D eigenvalue weighted by Crippen LogP contribution is -3.16. The molecule has 0 aromatic carbocycles. The van der Waals surface area contributed by atoms with E-state index in [2.05, 4.69) is 28.5 Å². The van der Waals surface area contributed by atoms with Gasteiger partial charge in [0, 0.05) is 51.1 Å². The molecule has 5 fully saturated rings. The minimum Gasteiger partial charge on any atom is -0.445 e. The van der Waals surface area contributed by atoms with Crippen molar-refractivity contribution in [2.24, 2.45) is 0 Å². The number of nitrogens with zero attached hydrogens (tertiary/aromatic N) is 3. The Labute approximate surface area is 262 Å². The minimum atomic E-state index is -4.63. The summed E-state index contributed by atoms with van der Waals surface area (Å²) >= 11 is 0. The van der Waals surface area contributed by atoms with E-state index in [-0.39, 0.29) is 0 Å². The number of hydrogen-bond donors (Lipinski definition) is 3. The fourth-order valence-corrected chi connectivity index (χ4v) is 7.07. The van der Waals surface area contributed by atoms with E-state index in [0.717, 1.165) is 70.2 Å². The standard InChI is InChI=1S/C10H19BF3N2.C8H15BF3N2O.C8H17BF3N2/c12-11(13,14)9-15-7-3-10(4-8-15)16-5-1-2-6-16;10-9(11,12)7-13-1-3-14(4-2-13)8-5-15-6-8;1-8(2)14-5-3-13(4-6-14)7-9(10,11)12/h10H,1-9H2;8H,1-7H2;8H,3-7H2,1-2H3/q3*-1/p+3. The molecule has 0 unspecified atom stereocenters. The van der Waals surface area contributed by atoms with E-state index in [4.69, 9.17) is 4.74 Å². The molecule has 5 heterocycles. The molecule has 0 aliphatic carbocycles. The van der Waals surface area contributed by atoms with Crippen LogP contribution in [0.5, 0.6) is 0 Å². The van der Waals surface area contributed by atoms with E-state index in [1.165, 1.54) is 12.8 Å². The van der Waals surface area contributed by atoms with Crippen LogP contribution in [0.4, 0.5) is 38.8 Å². The molecule has 0 amide bonds. The van der Waals surface area contributed by atoms with Gasteiger partial charge >= 0.3 is 20.9 Å². The van der Waals surface area contributed by atoms with E-state index in [1.54, 1.807) is 0 Å². The molecule has 266 valence electrons. The van der Waals surface area contributed by atoms with Gasteiger partial charge in [0.2, 0.25) is 0 Å². The van der Waals surface area contributed by atoms with Gasteiger partial charge in [0.25, 0.3) is 0 Å². The maximum atomic E-state index is 12.3. The fraction of sp³-hybridized carbons (Fsp3) is 1.00. The van der Waals surface area contributed by atoms with Crippen molar-refractivity contribution in [1.29, 1.82) is 0 Å². The Hall–Kier alpha value is -0.715. The Morgan fingerprint density at radius 1 is 0.556 bits per heavy atom. The van der Waals surface area contributed by atoms with Gasteiger partial charge in [-0.3, -0.25) is 14.7 Å². The molecule has 5 rings (SSSR count). The first-order chi connectivity index (χ1) is 21.0. The maximum absolute atomic E-state index is 12.3. The number of rotatable bonds is 9. The molecule has 3 N–H and O–H groups in total. The lowest BCUT2D eigenvalue weighted by molar-refractivity contribution is -0.897. The van der Waals surface area contributed by atoms with E-state index < -0.39 is 40.3 Å². The maximum Gasteiger partial charge on any atom is 0.531 e. The molecule has 0 saturated carbocycles. The second kappa shape index (κ2) is 17.6. The molecule has 0 aromatic heterocycles. The molecule has 0 spiro atoms. The molecule has 5 aliphatic heterocycles. The van der Waals surface area contributed by atoms with Gasteiger partial charge in [0.1, 0.15) is 0 Å². The highest BCUT2D eigenvalue weighted by molar-refractivity contribution is 6.58. The van der Waals surface area contributed by atoms with Crippen LogP contribution in [0, 0.1) is 0 Å². The summed E-state index contributed by atoms with van der Waals surface area (Å²) in [6.45, 7) is 1.10. The molecular formula is C26H54B3F9N6O. The highest BCUT2D eigenvalue weighted by Crippen LogP contribution is 2.17. The van der Waals surface area contributed by atoms with Gasteiger partial charge in [-0.2, -0.15) is 0 Å². The van der Waals surface area contributed by atoms with Crippen molar-refractivity contribution < 1.29 is 58.3 Å². The third-order valence-corrected chi connectivity index (χ3v) is 9.76. The van der Waals surface area contributed by atoms with Gasteiger partial charge in [-0.05, 0) is 39.8 Å². The monoisotopic (exact) mass is 670 g/mol. The lowest BCUT2D eigenvalue weighted by Gasteiger charge is -2.41. The number of hydrogen-bond acceptors (Lipinski definition) is 4. The first-order valence-electron chi connectivity index (χ1n) is 16.9. The Bertz CT molecular complexity index is 824. The van der Waals surface area contributed by atoms with Gasteiger partial charge in [-0.25, -0.2) is 0 Å². The zero-order valence-corrected chi connectivity index (χ0v) is 27.0. The van der Waals surface area contributed by atoms with Crippen molar-refractivity contribution in [2.75, 3.05) is 111 Å². The molecule has 5 aliphatic rings. The number of piperazine rings is 2. The smallest absolute Gasteiger partial charge is 0.445 e. The fourth-order valence-electron chi connectivity index (χ4n) is 7.07. The molecule has 5 saturated heterocycles. The van der Waals surface area contributed by atoms with Crippen molar-refractivity contribution in [3.8, 4) is 0 Å². The van der Waals surface area contributed by atoms with Crippen LogP contribution >= 0.6 is 0 Å². The van der Waals surface area contributed by atoms with E-state index in [9.17, 15) is 38.8 Å². The molecule has 0 bridgehead atoms. The average Bonchev–Trinajstić information content (AvgIpc) is 3.43. The number of ether oxygens (including phenoxy) is 1. The van der Waals surface area contributed by atoms with Crippen LogP contribution in [0.3, 0.4) is 0 Å². The minimum absolute atomic E-state index is 0.452. The third kappa shape index (κ3) is 15.4. The predicted octanol–water partition coefficient (Wildman–Crippen LogP) is -0.530. The summed E-state index contributed by atoms with van der Waals surface area (Å²) in [5.41, 5.74) is 0. The molecule has 19 heteroatoms. The summed E-state index contributed by atoms with van der Waals surface area (Å²) in [4.78, 5) is 9.05. The van der Waals surface area contributed by atoms with Crippen molar-refractivity contribution >= 4 is 20.9 Å². The molecule has 0 radical (unpaired) electrons. The lowest BCUT2D eigenvalue weighted by atomic mass is 9.89. The Kier molecular flexibility index (Phi) is 15.2. The third-order valence-electron chi connectivity index (χ3n) is 9.76. The van der Waals surface area contributed by atoms with Crippen LogP contribution in [0.25, 0.3) is 0 Å². The zero-order valence-electron chi connectivity index (χ0n) is 27.0. The predicted molar refractivity (Wildman–Crippen MR) is 161 cm³/mol. The Morgan fingerprint density at radius 2 is 0.933 bits per heavy atom. The summed E-state index contributed by atoms with van der Waals surface area (Å²) in [6.07, 6.45) is 2.58. The van der Waals surface area contributed by atoms with Crippen LogP contribution < -0.4 is 14.7 Å². The van der Waals surface area contributed by atoms with Crippen LogP contribution in [0.1, 0.15) is 39.5 Å². The van der Waals surface area contributed by atoms with Crippen molar-refractivity contribution in [1.82, 2.24) is 14.7 Å². The van der Waals surface area contributed by atoms with Crippen LogP contribution in [-0.4, -0.2) is 165 Å². The van der Waals surface area contributed by atoms with Gasteiger partial charge in [-0.1, -0.05) is 0 Å². The summed E-state index contributed by atoms with van der Waals surface area (Å²) < 4.78 is 115. The van der Waals surface area contributed by atoms with Crippen molar-refractivity contribution in [3.63, 3.8) is 0 Å². The molecule has 0 atom stereocenters. The zero-order chi connectivity index (χ0) is 33.3. The van der Waals surface area contributed by atoms with Crippen molar-refractivity contribution in [2.45, 2.75) is 57.7 Å². The SMILES string of the molecule is CC(C)N1CC[NH+](C[B-](F)(F)F)CC1.F[B-](F)(F)C[NH+]1CCC(N2CCCC2)CC1.F[B-](F)(F)C[NH+]1CCN(C2COC2)CC1. The second-order valence-corrected chi connectivity index (χ2v) is 13.8. The topological polar surface area (TPSA) is 32.3 Å². The normalized spacial score (nSPS) is 27.5. The van der Waals surface area contributed by atoms with Crippen LogP contribution in [0.2, 0.25) is 0 Å². The Morgan fingerprint density at radius 3 is 1.29 bits per heavy atom. The Balaban J connectivity index is 0.000000185. The first-order valence-corrected chi connectivity index (χ1v) is 16.9. The number of piperidine rings is 1. The summed E-state index contributed by atoms with van der Waals surface area (Å²) in [7, 11) is 0. The highest BCUT2D eigenvalue weighted by Gasteiger charge is 2.36.